The van der Waals surface area contributed by atoms with E-state index < -0.39 is 5.91 Å². The first-order valence-electron chi connectivity index (χ1n) is 7.99. The van der Waals surface area contributed by atoms with Crippen molar-refractivity contribution in [3.8, 4) is 0 Å². The Balaban J connectivity index is 1.64. The van der Waals surface area contributed by atoms with Crippen molar-refractivity contribution in [1.82, 2.24) is 14.8 Å². The first-order chi connectivity index (χ1) is 12.6. The number of anilines is 2. The summed E-state index contributed by atoms with van der Waals surface area (Å²) in [6.45, 7) is 0. The third-order valence-corrected chi connectivity index (χ3v) is 4.41. The topological polar surface area (TPSA) is 88.9 Å². The van der Waals surface area contributed by atoms with Crippen LogP contribution in [0.4, 0.5) is 11.9 Å². The molecule has 130 valence electrons. The molecule has 26 heavy (non-hydrogen) atoms. The zero-order valence-electron chi connectivity index (χ0n) is 13.5. The maximum Gasteiger partial charge on any atom is 0.259 e. The Hall–Kier alpha value is -3.19. The summed E-state index contributed by atoms with van der Waals surface area (Å²) in [5, 5.41) is 9.99. The minimum Gasteiger partial charge on any atom is -0.295 e. The molecule has 1 aliphatic heterocycles. The van der Waals surface area contributed by atoms with Gasteiger partial charge in [-0.2, -0.15) is 4.98 Å². The number of hydrogen-bond acceptors (Lipinski definition) is 4. The third-order valence-electron chi connectivity index (χ3n) is 4.08. The van der Waals surface area contributed by atoms with Crippen molar-refractivity contribution in [1.29, 1.82) is 0 Å². The summed E-state index contributed by atoms with van der Waals surface area (Å²) < 4.78 is 1.61. The number of aromatic nitrogens is 3. The number of amides is 2. The number of nitrogens with one attached hydrogen (secondary N) is 2. The van der Waals surface area contributed by atoms with Gasteiger partial charge in [-0.15, -0.1) is 5.10 Å². The summed E-state index contributed by atoms with van der Waals surface area (Å²) in [4.78, 5) is 28.6. The van der Waals surface area contributed by atoms with Gasteiger partial charge in [-0.05, 0) is 17.7 Å². The molecule has 1 aromatic heterocycles. The van der Waals surface area contributed by atoms with Crippen LogP contribution in [-0.2, 0) is 4.79 Å². The quantitative estimate of drug-likeness (QED) is 0.744. The van der Waals surface area contributed by atoms with Gasteiger partial charge in [0, 0.05) is 0 Å². The second-order valence-corrected chi connectivity index (χ2v) is 6.22. The van der Waals surface area contributed by atoms with Gasteiger partial charge in [-0.1, -0.05) is 54.1 Å². The highest BCUT2D eigenvalue weighted by Crippen LogP contribution is 2.29. The Bertz CT molecular complexity index is 986. The normalized spacial score (nSPS) is 15.9. The molecule has 2 N–H and O–H groups in total. The van der Waals surface area contributed by atoms with Crippen molar-refractivity contribution in [2.45, 2.75) is 12.5 Å². The number of benzene rings is 2. The summed E-state index contributed by atoms with van der Waals surface area (Å²) in [5.74, 6) is -0.165. The zero-order valence-corrected chi connectivity index (χ0v) is 14.3. The number of carbonyl (C=O) groups is 2. The molecule has 7 nitrogen and oxygen atoms in total. The minimum absolute atomic E-state index is 0.105. The second-order valence-electron chi connectivity index (χ2n) is 5.82. The summed E-state index contributed by atoms with van der Waals surface area (Å²) in [6.07, 6.45) is 0.248. The molecule has 0 bridgehead atoms. The smallest absolute Gasteiger partial charge is 0.259 e. The van der Waals surface area contributed by atoms with E-state index in [1.54, 1.807) is 28.9 Å². The Labute approximate surface area is 154 Å². The lowest BCUT2D eigenvalue weighted by Gasteiger charge is -2.23. The molecule has 0 radical (unpaired) electrons. The van der Waals surface area contributed by atoms with E-state index >= 15 is 0 Å². The molecular weight excluding hydrogens is 354 g/mol. The summed E-state index contributed by atoms with van der Waals surface area (Å²) in [7, 11) is 0. The Morgan fingerprint density at radius 2 is 1.88 bits per heavy atom. The van der Waals surface area contributed by atoms with Crippen molar-refractivity contribution >= 4 is 35.3 Å². The van der Waals surface area contributed by atoms with Crippen molar-refractivity contribution in [3.05, 3.63) is 70.7 Å². The van der Waals surface area contributed by atoms with Gasteiger partial charge < -0.3 is 0 Å². The van der Waals surface area contributed by atoms with Crippen LogP contribution < -0.4 is 10.6 Å². The van der Waals surface area contributed by atoms with E-state index in [0.29, 0.717) is 16.5 Å². The molecule has 0 saturated heterocycles. The molecule has 2 amide bonds. The van der Waals surface area contributed by atoms with E-state index in [4.69, 9.17) is 11.6 Å². The van der Waals surface area contributed by atoms with Crippen LogP contribution in [0.15, 0.2) is 54.6 Å². The Kier molecular flexibility index (Phi) is 4.14. The van der Waals surface area contributed by atoms with Crippen LogP contribution in [0.25, 0.3) is 0 Å². The van der Waals surface area contributed by atoms with Gasteiger partial charge in [0.1, 0.15) is 0 Å². The molecule has 3 aromatic rings. The highest BCUT2D eigenvalue weighted by atomic mass is 35.5. The van der Waals surface area contributed by atoms with Gasteiger partial charge in [-0.25, -0.2) is 4.68 Å². The number of halogens is 1. The molecule has 0 saturated carbocycles. The molecule has 0 fully saturated rings. The standard InChI is InChI=1S/C18H14ClN5O2/c19-13-9-5-4-8-12(13)16(26)21-17-22-18-20-15(25)10-14(24(18)23-17)11-6-2-1-3-7-11/h1-9,14H,10H2,(H2,20,21,22,23,25,26)/t14-/m1/s1. The maximum atomic E-state index is 12.4. The van der Waals surface area contributed by atoms with Crippen LogP contribution in [0.3, 0.4) is 0 Å². The fourth-order valence-electron chi connectivity index (χ4n) is 2.87. The maximum absolute atomic E-state index is 12.4. The lowest BCUT2D eigenvalue weighted by atomic mass is 10.0. The van der Waals surface area contributed by atoms with E-state index in [1.165, 1.54) is 0 Å². The van der Waals surface area contributed by atoms with Gasteiger partial charge >= 0.3 is 0 Å². The Morgan fingerprint density at radius 1 is 1.15 bits per heavy atom. The highest BCUT2D eigenvalue weighted by molar-refractivity contribution is 6.34. The minimum atomic E-state index is -0.416. The zero-order chi connectivity index (χ0) is 18.1. The molecule has 0 spiro atoms. The summed E-state index contributed by atoms with van der Waals surface area (Å²) in [6, 6.07) is 16.0. The average molecular weight is 368 g/mol. The van der Waals surface area contributed by atoms with Crippen molar-refractivity contribution in [2.75, 3.05) is 10.6 Å². The number of hydrogen-bond donors (Lipinski definition) is 2. The molecule has 0 unspecified atom stereocenters. The monoisotopic (exact) mass is 367 g/mol. The molecule has 8 heteroatoms. The van der Waals surface area contributed by atoms with Gasteiger partial charge in [0.25, 0.3) is 11.9 Å². The third kappa shape index (κ3) is 3.04. The summed E-state index contributed by atoms with van der Waals surface area (Å²) >= 11 is 6.04. The molecule has 2 heterocycles. The van der Waals surface area contributed by atoms with Crippen molar-refractivity contribution < 1.29 is 9.59 Å². The predicted molar refractivity (Wildman–Crippen MR) is 97.3 cm³/mol. The first-order valence-corrected chi connectivity index (χ1v) is 8.37. The molecule has 2 aromatic carbocycles. The van der Waals surface area contributed by atoms with E-state index in [0.717, 1.165) is 5.56 Å². The SMILES string of the molecule is O=C1C[C@H](c2ccccc2)n2nc(NC(=O)c3ccccc3Cl)nc2N1. The second kappa shape index (κ2) is 6.61. The molecule has 1 aliphatic rings. The fourth-order valence-corrected chi connectivity index (χ4v) is 3.09. The van der Waals surface area contributed by atoms with E-state index in [2.05, 4.69) is 20.7 Å². The van der Waals surface area contributed by atoms with Gasteiger partial charge in [0.2, 0.25) is 11.9 Å². The highest BCUT2D eigenvalue weighted by Gasteiger charge is 2.29. The summed E-state index contributed by atoms with van der Waals surface area (Å²) in [5.41, 5.74) is 1.27. The van der Waals surface area contributed by atoms with E-state index in [9.17, 15) is 9.59 Å². The molecular formula is C18H14ClN5O2. The van der Waals surface area contributed by atoms with Crippen LogP contribution in [0, 0.1) is 0 Å². The number of carbonyl (C=O) groups excluding carboxylic acids is 2. The van der Waals surface area contributed by atoms with E-state index in [1.807, 2.05) is 30.3 Å². The molecule has 4 rings (SSSR count). The Morgan fingerprint density at radius 3 is 2.65 bits per heavy atom. The van der Waals surface area contributed by atoms with Crippen molar-refractivity contribution in [3.63, 3.8) is 0 Å². The van der Waals surface area contributed by atoms with Crippen LogP contribution in [0.2, 0.25) is 5.02 Å². The largest absolute Gasteiger partial charge is 0.295 e. The number of rotatable bonds is 3. The van der Waals surface area contributed by atoms with Crippen LogP contribution in [0.5, 0.6) is 0 Å². The average Bonchev–Trinajstić information content (AvgIpc) is 3.04. The molecule has 0 aliphatic carbocycles. The number of nitrogens with zero attached hydrogens (tertiary/aromatic N) is 3. The fraction of sp³-hybridized carbons (Fsp3) is 0.111. The molecule has 1 atom stereocenters. The lowest BCUT2D eigenvalue weighted by Crippen LogP contribution is -2.29. The number of fused-ring (bicyclic) bond motifs is 1. The predicted octanol–water partition coefficient (Wildman–Crippen LogP) is 3.12. The van der Waals surface area contributed by atoms with Crippen molar-refractivity contribution in [2.24, 2.45) is 0 Å². The van der Waals surface area contributed by atoms with Crippen LogP contribution >= 0.6 is 11.6 Å². The van der Waals surface area contributed by atoms with Gasteiger partial charge in [-0.3, -0.25) is 20.2 Å². The van der Waals surface area contributed by atoms with Crippen LogP contribution in [0.1, 0.15) is 28.4 Å². The van der Waals surface area contributed by atoms with Crippen LogP contribution in [-0.4, -0.2) is 26.6 Å². The lowest BCUT2D eigenvalue weighted by molar-refractivity contribution is -0.117. The first kappa shape index (κ1) is 16.3. The van der Waals surface area contributed by atoms with Gasteiger partial charge in [0.05, 0.1) is 23.0 Å². The van der Waals surface area contributed by atoms with E-state index in [-0.39, 0.29) is 24.3 Å². The van der Waals surface area contributed by atoms with Gasteiger partial charge in [0.15, 0.2) is 0 Å².